The molecule has 0 unspecified atom stereocenters. The average molecular weight is 472 g/mol. The summed E-state index contributed by atoms with van der Waals surface area (Å²) in [5, 5.41) is 1.07. The Morgan fingerprint density at radius 2 is 1.58 bits per heavy atom. The molecule has 0 atom stereocenters. The van der Waals surface area contributed by atoms with Crippen molar-refractivity contribution in [2.24, 2.45) is 0 Å². The van der Waals surface area contributed by atoms with Crippen LogP contribution in [-0.4, -0.2) is 0 Å². The first-order chi connectivity index (χ1) is 17.8. The number of nitrogens with zero attached hydrogens (tertiary/aromatic N) is 1. The SMILES string of the molecule is C=Cc1oc2ccc(N(c3ccccc3)c3ccc(C4=CC=CCC=C4)cc3)cc2c1/C=C\C.CC. The number of para-hydroxylation sites is 1. The van der Waals surface area contributed by atoms with Gasteiger partial charge in [0.1, 0.15) is 11.3 Å². The number of furan rings is 1. The topological polar surface area (TPSA) is 16.4 Å². The first kappa shape index (κ1) is 24.8. The number of rotatable bonds is 6. The van der Waals surface area contributed by atoms with Crippen LogP contribution in [0.25, 0.3) is 28.7 Å². The Hall–Kier alpha value is -4.30. The second kappa shape index (κ2) is 11.9. The van der Waals surface area contributed by atoms with E-state index in [-0.39, 0.29) is 0 Å². The quantitative estimate of drug-likeness (QED) is 0.278. The molecule has 0 spiro atoms. The van der Waals surface area contributed by atoms with Crippen LogP contribution in [0, 0.1) is 0 Å². The zero-order valence-electron chi connectivity index (χ0n) is 21.3. The molecule has 4 aromatic rings. The van der Waals surface area contributed by atoms with Crippen LogP contribution >= 0.6 is 0 Å². The van der Waals surface area contributed by atoms with Gasteiger partial charge in [-0.3, -0.25) is 0 Å². The van der Waals surface area contributed by atoms with E-state index in [1.165, 1.54) is 11.1 Å². The average Bonchev–Trinajstić information content (AvgIpc) is 3.08. The van der Waals surface area contributed by atoms with Crippen molar-refractivity contribution in [3.05, 3.63) is 133 Å². The third-order valence-corrected chi connectivity index (χ3v) is 5.97. The fourth-order valence-electron chi connectivity index (χ4n) is 4.35. The number of benzene rings is 3. The van der Waals surface area contributed by atoms with Gasteiger partial charge in [-0.1, -0.05) is 93.3 Å². The molecule has 36 heavy (non-hydrogen) atoms. The second-order valence-corrected chi connectivity index (χ2v) is 8.17. The van der Waals surface area contributed by atoms with Crippen molar-refractivity contribution in [2.45, 2.75) is 27.2 Å². The lowest BCUT2D eigenvalue weighted by Crippen LogP contribution is -2.09. The number of hydrogen-bond acceptors (Lipinski definition) is 2. The normalized spacial score (nSPS) is 12.7. The van der Waals surface area contributed by atoms with E-state index in [0.29, 0.717) is 0 Å². The highest BCUT2D eigenvalue weighted by Gasteiger charge is 2.16. The van der Waals surface area contributed by atoms with Crippen LogP contribution in [0.5, 0.6) is 0 Å². The van der Waals surface area contributed by atoms with Crippen molar-refractivity contribution >= 4 is 45.8 Å². The summed E-state index contributed by atoms with van der Waals surface area (Å²) in [6.07, 6.45) is 17.7. The smallest absolute Gasteiger partial charge is 0.135 e. The summed E-state index contributed by atoms with van der Waals surface area (Å²) < 4.78 is 6.03. The highest BCUT2D eigenvalue weighted by molar-refractivity contribution is 5.95. The molecule has 1 aromatic heterocycles. The predicted molar refractivity (Wildman–Crippen MR) is 158 cm³/mol. The maximum Gasteiger partial charge on any atom is 0.135 e. The van der Waals surface area contributed by atoms with Gasteiger partial charge in [-0.05, 0) is 73.0 Å². The maximum atomic E-state index is 6.03. The fraction of sp³-hybridized carbons (Fsp3) is 0.118. The summed E-state index contributed by atoms with van der Waals surface area (Å²) in [6, 6.07) is 25.6. The van der Waals surface area contributed by atoms with Gasteiger partial charge in [0.15, 0.2) is 0 Å². The lowest BCUT2D eigenvalue weighted by Gasteiger charge is -2.25. The van der Waals surface area contributed by atoms with Crippen LogP contribution in [0.15, 0.2) is 120 Å². The zero-order chi connectivity index (χ0) is 25.3. The van der Waals surface area contributed by atoms with Crippen molar-refractivity contribution < 1.29 is 4.42 Å². The minimum Gasteiger partial charge on any atom is -0.456 e. The van der Waals surface area contributed by atoms with Gasteiger partial charge in [0.2, 0.25) is 0 Å². The Balaban J connectivity index is 0.00000148. The first-order valence-corrected chi connectivity index (χ1v) is 12.6. The molecule has 2 heteroatoms. The Morgan fingerprint density at radius 1 is 0.861 bits per heavy atom. The molecule has 1 aliphatic rings. The van der Waals surface area contributed by atoms with Crippen LogP contribution in [0.4, 0.5) is 17.1 Å². The molecule has 0 bridgehead atoms. The lowest BCUT2D eigenvalue weighted by molar-refractivity contribution is 0.603. The summed E-state index contributed by atoms with van der Waals surface area (Å²) in [6.45, 7) is 9.94. The molecule has 3 aromatic carbocycles. The summed E-state index contributed by atoms with van der Waals surface area (Å²) in [5.41, 5.74) is 7.61. The Labute approximate surface area is 214 Å². The molecule has 1 heterocycles. The molecular weight excluding hydrogens is 438 g/mol. The first-order valence-electron chi connectivity index (χ1n) is 12.6. The zero-order valence-corrected chi connectivity index (χ0v) is 21.3. The molecular formula is C34H33NO. The number of allylic oxidation sites excluding steroid dienone is 7. The van der Waals surface area contributed by atoms with Gasteiger partial charge >= 0.3 is 0 Å². The van der Waals surface area contributed by atoms with E-state index in [4.69, 9.17) is 4.42 Å². The van der Waals surface area contributed by atoms with Crippen molar-refractivity contribution in [1.29, 1.82) is 0 Å². The third-order valence-electron chi connectivity index (χ3n) is 5.97. The third kappa shape index (κ3) is 5.18. The molecule has 0 aliphatic heterocycles. The highest BCUT2D eigenvalue weighted by Crippen LogP contribution is 2.38. The second-order valence-electron chi connectivity index (χ2n) is 8.17. The Kier molecular flexibility index (Phi) is 8.20. The van der Waals surface area contributed by atoms with Gasteiger partial charge in [-0.25, -0.2) is 0 Å². The van der Waals surface area contributed by atoms with E-state index in [9.17, 15) is 0 Å². The van der Waals surface area contributed by atoms with E-state index in [0.717, 1.165) is 45.8 Å². The van der Waals surface area contributed by atoms with Crippen molar-refractivity contribution in [1.82, 2.24) is 0 Å². The van der Waals surface area contributed by atoms with Gasteiger partial charge in [0, 0.05) is 28.0 Å². The van der Waals surface area contributed by atoms with Gasteiger partial charge in [0.25, 0.3) is 0 Å². The van der Waals surface area contributed by atoms with E-state index in [1.54, 1.807) is 6.08 Å². The fourth-order valence-corrected chi connectivity index (χ4v) is 4.35. The molecule has 5 rings (SSSR count). The number of fused-ring (bicyclic) bond motifs is 1. The van der Waals surface area contributed by atoms with E-state index >= 15 is 0 Å². The summed E-state index contributed by atoms with van der Waals surface area (Å²) in [4.78, 5) is 2.28. The minimum absolute atomic E-state index is 0.791. The van der Waals surface area contributed by atoms with E-state index in [1.807, 2.05) is 39.0 Å². The van der Waals surface area contributed by atoms with Crippen molar-refractivity contribution in [3.63, 3.8) is 0 Å². The van der Waals surface area contributed by atoms with Crippen LogP contribution in [0.1, 0.15) is 44.1 Å². The van der Waals surface area contributed by atoms with E-state index < -0.39 is 0 Å². The van der Waals surface area contributed by atoms with Gasteiger partial charge in [0.05, 0.1) is 0 Å². The molecule has 0 saturated heterocycles. The van der Waals surface area contributed by atoms with Crippen molar-refractivity contribution in [3.8, 4) is 0 Å². The lowest BCUT2D eigenvalue weighted by atomic mass is 10.0. The maximum absolute atomic E-state index is 6.03. The standard InChI is InChI=1S/C32H27NO.C2H6/c1-3-12-29-30-23-28(21-22-32(30)34-31(29)4-2)33(26-15-10-7-11-16-26)27-19-17-25(18-20-27)24-13-8-5-6-9-14-24;1-2/h3-5,7-23H,2,6H2,1H3;1-2H3/b12-3-;. The van der Waals surface area contributed by atoms with Gasteiger partial charge in [-0.2, -0.15) is 0 Å². The molecule has 0 fully saturated rings. The van der Waals surface area contributed by atoms with Gasteiger partial charge in [-0.15, -0.1) is 0 Å². The van der Waals surface area contributed by atoms with Crippen LogP contribution in [0.2, 0.25) is 0 Å². The summed E-state index contributed by atoms with van der Waals surface area (Å²) in [5.74, 6) is 0.791. The summed E-state index contributed by atoms with van der Waals surface area (Å²) in [7, 11) is 0. The molecule has 1 aliphatic carbocycles. The minimum atomic E-state index is 0.791. The Bertz CT molecular complexity index is 1430. The van der Waals surface area contributed by atoms with E-state index in [2.05, 4.69) is 109 Å². The highest BCUT2D eigenvalue weighted by atomic mass is 16.3. The summed E-state index contributed by atoms with van der Waals surface area (Å²) >= 11 is 0. The van der Waals surface area contributed by atoms with Crippen LogP contribution in [-0.2, 0) is 0 Å². The molecule has 0 amide bonds. The molecule has 0 saturated carbocycles. The van der Waals surface area contributed by atoms with Gasteiger partial charge < -0.3 is 9.32 Å². The largest absolute Gasteiger partial charge is 0.456 e. The number of anilines is 3. The monoisotopic (exact) mass is 471 g/mol. The van der Waals surface area contributed by atoms with Crippen molar-refractivity contribution in [2.75, 3.05) is 4.90 Å². The molecule has 2 nitrogen and oxygen atoms in total. The molecule has 180 valence electrons. The Morgan fingerprint density at radius 3 is 2.31 bits per heavy atom. The van der Waals surface area contributed by atoms with Crippen LogP contribution in [0.3, 0.4) is 0 Å². The molecule has 0 radical (unpaired) electrons. The van der Waals surface area contributed by atoms with Crippen LogP contribution < -0.4 is 4.90 Å². The predicted octanol–water partition coefficient (Wildman–Crippen LogP) is 10.5. The molecule has 0 N–H and O–H groups in total. The number of hydrogen-bond donors (Lipinski definition) is 0.